The van der Waals surface area contributed by atoms with Crippen molar-refractivity contribution in [3.8, 4) is 0 Å². The van der Waals surface area contributed by atoms with Gasteiger partial charge < -0.3 is 10.6 Å². The number of guanidine groups is 1. The van der Waals surface area contributed by atoms with Crippen LogP contribution in [0.3, 0.4) is 0 Å². The molecule has 0 aliphatic carbocycles. The quantitative estimate of drug-likeness (QED) is 0.333. The maximum atomic E-state index is 6.02. The van der Waals surface area contributed by atoms with E-state index in [0.717, 1.165) is 32.0 Å². The maximum absolute atomic E-state index is 6.02. The molecule has 0 bridgehead atoms. The first-order valence-corrected chi connectivity index (χ1v) is 8.68. The number of unbranched alkanes of at least 4 members (excludes halogenated alkanes) is 2. The van der Waals surface area contributed by atoms with Gasteiger partial charge >= 0.3 is 0 Å². The molecule has 1 heterocycles. The molecule has 2 N–H and O–H groups in total. The third-order valence-corrected chi connectivity index (χ3v) is 4.52. The summed E-state index contributed by atoms with van der Waals surface area (Å²) in [6.45, 7) is 2.96. The fraction of sp³-hybridized carbons (Fsp3) is 0.562. The number of halogens is 1. The van der Waals surface area contributed by atoms with Crippen molar-refractivity contribution in [1.82, 2.24) is 4.90 Å². The lowest BCUT2D eigenvalue weighted by molar-refractivity contribution is 0.455. The lowest BCUT2D eigenvalue weighted by Crippen LogP contribution is -2.42. The Morgan fingerprint density at radius 2 is 1.81 bits per heavy atom. The van der Waals surface area contributed by atoms with E-state index in [4.69, 9.17) is 5.73 Å². The van der Waals surface area contributed by atoms with Gasteiger partial charge in [0.1, 0.15) is 0 Å². The van der Waals surface area contributed by atoms with Gasteiger partial charge in [-0.15, -0.1) is 24.0 Å². The highest BCUT2D eigenvalue weighted by Gasteiger charge is 2.11. The Balaban J connectivity index is 0.00000220. The highest BCUT2D eigenvalue weighted by Crippen LogP contribution is 2.09. The monoisotopic (exact) mass is 419 g/mol. The van der Waals surface area contributed by atoms with Gasteiger partial charge in [-0.25, -0.2) is 0 Å². The number of aryl methyl sites for hydroxylation is 1. The van der Waals surface area contributed by atoms with Crippen molar-refractivity contribution in [3.63, 3.8) is 0 Å². The minimum Gasteiger partial charge on any atom is -0.370 e. The van der Waals surface area contributed by atoms with E-state index in [1.165, 1.54) is 36.3 Å². The Labute approximate surface area is 149 Å². The number of hydrogen-bond donors (Lipinski definition) is 1. The summed E-state index contributed by atoms with van der Waals surface area (Å²) >= 11 is 2.00. The zero-order chi connectivity index (χ0) is 14.0. The predicted molar refractivity (Wildman–Crippen MR) is 105 cm³/mol. The van der Waals surface area contributed by atoms with Crippen LogP contribution < -0.4 is 5.73 Å². The Morgan fingerprint density at radius 3 is 2.52 bits per heavy atom. The van der Waals surface area contributed by atoms with E-state index in [1.807, 2.05) is 11.8 Å². The molecule has 1 aromatic rings. The van der Waals surface area contributed by atoms with Gasteiger partial charge in [-0.2, -0.15) is 11.8 Å². The molecule has 3 nitrogen and oxygen atoms in total. The van der Waals surface area contributed by atoms with Crippen LogP contribution in [0.5, 0.6) is 0 Å². The summed E-state index contributed by atoms with van der Waals surface area (Å²) in [7, 11) is 0. The molecule has 0 unspecified atom stereocenters. The standard InChI is InChI=1S/C16H25N3S.HI/c17-16(19-11-13-20-14-12-19)18-10-6-2-5-9-15-7-3-1-4-8-15;/h1,3-4,7-8H,2,5-6,9-14H2,(H2,17,18);1H. The summed E-state index contributed by atoms with van der Waals surface area (Å²) in [6, 6.07) is 10.7. The molecular weight excluding hydrogens is 393 g/mol. The molecule has 0 amide bonds. The molecular formula is C16H26IN3S. The highest BCUT2D eigenvalue weighted by molar-refractivity contribution is 14.0. The SMILES string of the molecule is I.NC(=NCCCCCc1ccccc1)N1CCSCC1. The number of nitrogens with two attached hydrogens (primary N) is 1. The molecule has 21 heavy (non-hydrogen) atoms. The first kappa shape index (κ1) is 18.6. The summed E-state index contributed by atoms with van der Waals surface area (Å²) in [4.78, 5) is 6.71. The van der Waals surface area contributed by atoms with E-state index in [-0.39, 0.29) is 24.0 Å². The van der Waals surface area contributed by atoms with Crippen molar-refractivity contribution >= 4 is 41.7 Å². The molecule has 0 radical (unpaired) electrons. The van der Waals surface area contributed by atoms with Crippen LogP contribution in [-0.2, 0) is 6.42 Å². The number of thioether (sulfide) groups is 1. The molecule has 118 valence electrons. The van der Waals surface area contributed by atoms with Crippen molar-refractivity contribution in [1.29, 1.82) is 0 Å². The molecule has 1 aliphatic rings. The van der Waals surface area contributed by atoms with Crippen molar-refractivity contribution in [2.75, 3.05) is 31.1 Å². The fourth-order valence-corrected chi connectivity index (χ4v) is 3.25. The minimum atomic E-state index is 0. The van der Waals surface area contributed by atoms with E-state index < -0.39 is 0 Å². The summed E-state index contributed by atoms with van der Waals surface area (Å²) in [5.74, 6) is 3.09. The van der Waals surface area contributed by atoms with Gasteiger partial charge in [0.2, 0.25) is 0 Å². The van der Waals surface area contributed by atoms with Crippen molar-refractivity contribution in [2.24, 2.45) is 10.7 Å². The molecule has 1 fully saturated rings. The van der Waals surface area contributed by atoms with Gasteiger partial charge in [0.15, 0.2) is 5.96 Å². The Bertz CT molecular complexity index is 405. The highest BCUT2D eigenvalue weighted by atomic mass is 127. The number of benzene rings is 1. The second kappa shape index (κ2) is 11.2. The molecule has 1 aliphatic heterocycles. The summed E-state index contributed by atoms with van der Waals surface area (Å²) in [5, 5.41) is 0. The van der Waals surface area contributed by atoms with Gasteiger partial charge in [-0.05, 0) is 24.8 Å². The van der Waals surface area contributed by atoms with Gasteiger partial charge in [0, 0.05) is 31.1 Å². The summed E-state index contributed by atoms with van der Waals surface area (Å²) < 4.78 is 0. The van der Waals surface area contributed by atoms with Gasteiger partial charge in [0.05, 0.1) is 0 Å². The van der Waals surface area contributed by atoms with Crippen molar-refractivity contribution < 1.29 is 0 Å². The van der Waals surface area contributed by atoms with E-state index in [0.29, 0.717) is 0 Å². The first-order valence-electron chi connectivity index (χ1n) is 7.53. The minimum absolute atomic E-state index is 0. The Kier molecular flexibility index (Phi) is 9.91. The van der Waals surface area contributed by atoms with E-state index in [9.17, 15) is 0 Å². The van der Waals surface area contributed by atoms with Gasteiger partial charge in [-0.1, -0.05) is 36.8 Å². The summed E-state index contributed by atoms with van der Waals surface area (Å²) in [5.41, 5.74) is 7.45. The fourth-order valence-electron chi connectivity index (χ4n) is 2.35. The smallest absolute Gasteiger partial charge is 0.191 e. The van der Waals surface area contributed by atoms with Crippen LogP contribution >= 0.6 is 35.7 Å². The predicted octanol–water partition coefficient (Wildman–Crippen LogP) is 3.38. The van der Waals surface area contributed by atoms with E-state index in [2.05, 4.69) is 40.2 Å². The molecule has 0 aromatic heterocycles. The topological polar surface area (TPSA) is 41.6 Å². The van der Waals surface area contributed by atoms with Crippen LogP contribution in [0, 0.1) is 0 Å². The third-order valence-electron chi connectivity index (χ3n) is 3.58. The third kappa shape index (κ3) is 7.40. The van der Waals surface area contributed by atoms with Crippen LogP contribution in [0.4, 0.5) is 0 Å². The van der Waals surface area contributed by atoms with Crippen LogP contribution in [0.25, 0.3) is 0 Å². The van der Waals surface area contributed by atoms with Crippen LogP contribution in [0.15, 0.2) is 35.3 Å². The average molecular weight is 419 g/mol. The molecule has 1 aromatic carbocycles. The van der Waals surface area contributed by atoms with Crippen LogP contribution in [-0.4, -0.2) is 42.0 Å². The number of hydrogen-bond acceptors (Lipinski definition) is 2. The normalized spacial score (nSPS) is 15.6. The second-order valence-electron chi connectivity index (χ2n) is 5.14. The van der Waals surface area contributed by atoms with Crippen molar-refractivity contribution in [2.45, 2.75) is 25.7 Å². The molecule has 0 saturated carbocycles. The lowest BCUT2D eigenvalue weighted by Gasteiger charge is -2.27. The van der Waals surface area contributed by atoms with E-state index in [1.54, 1.807) is 0 Å². The zero-order valence-electron chi connectivity index (χ0n) is 12.5. The molecule has 5 heteroatoms. The van der Waals surface area contributed by atoms with Gasteiger partial charge in [0.25, 0.3) is 0 Å². The zero-order valence-corrected chi connectivity index (χ0v) is 15.7. The van der Waals surface area contributed by atoms with Gasteiger partial charge in [-0.3, -0.25) is 4.99 Å². The Morgan fingerprint density at radius 1 is 1.10 bits per heavy atom. The molecule has 1 saturated heterocycles. The van der Waals surface area contributed by atoms with Crippen molar-refractivity contribution in [3.05, 3.63) is 35.9 Å². The molecule has 2 rings (SSSR count). The Hall–Kier alpha value is -0.430. The number of aliphatic imine (C=N–C) groups is 1. The number of nitrogens with zero attached hydrogens (tertiary/aromatic N) is 2. The molecule has 0 spiro atoms. The molecule has 0 atom stereocenters. The van der Waals surface area contributed by atoms with Crippen LogP contribution in [0.1, 0.15) is 24.8 Å². The second-order valence-corrected chi connectivity index (χ2v) is 6.36. The lowest BCUT2D eigenvalue weighted by atomic mass is 10.1. The van der Waals surface area contributed by atoms with Crippen LogP contribution in [0.2, 0.25) is 0 Å². The maximum Gasteiger partial charge on any atom is 0.191 e. The summed E-state index contributed by atoms with van der Waals surface area (Å²) in [6.07, 6.45) is 4.76. The first-order chi connectivity index (χ1) is 9.86. The average Bonchev–Trinajstić information content (AvgIpc) is 2.52. The van der Waals surface area contributed by atoms with E-state index >= 15 is 0 Å². The number of rotatable bonds is 6. The largest absolute Gasteiger partial charge is 0.370 e.